The Morgan fingerprint density at radius 1 is 1.14 bits per heavy atom. The minimum absolute atomic E-state index is 0.376. The lowest BCUT2D eigenvalue weighted by molar-refractivity contribution is 0.343. The molecule has 0 fully saturated rings. The van der Waals surface area contributed by atoms with Crippen molar-refractivity contribution >= 4 is 23.4 Å². The molecule has 5 nitrogen and oxygen atoms in total. The van der Waals surface area contributed by atoms with Crippen LogP contribution in [0, 0.1) is 0 Å². The second-order valence-corrected chi connectivity index (χ2v) is 5.48. The highest BCUT2D eigenvalue weighted by atomic mass is 35.5. The first-order valence-electron chi connectivity index (χ1n) is 6.20. The van der Waals surface area contributed by atoms with E-state index in [4.69, 9.17) is 25.2 Å². The minimum Gasteiger partial charge on any atom is -0.493 e. The van der Waals surface area contributed by atoms with Crippen LogP contribution in [0.15, 0.2) is 56.7 Å². The number of aromatic nitrogens is 2. The predicted octanol–water partition coefficient (Wildman–Crippen LogP) is 4.15. The Labute approximate surface area is 130 Å². The molecule has 0 bridgehead atoms. The Morgan fingerprint density at radius 2 is 2.00 bits per heavy atom. The number of furan rings is 1. The summed E-state index contributed by atoms with van der Waals surface area (Å²) in [5, 5.41) is 9.04. The lowest BCUT2D eigenvalue weighted by atomic mass is 10.3. The molecule has 2 heterocycles. The van der Waals surface area contributed by atoms with Gasteiger partial charge in [0, 0.05) is 10.8 Å². The summed E-state index contributed by atoms with van der Waals surface area (Å²) in [6.07, 6.45) is 1.56. The summed E-state index contributed by atoms with van der Waals surface area (Å²) in [6.45, 7) is 0.533. The van der Waals surface area contributed by atoms with Crippen LogP contribution in [0.3, 0.4) is 0 Å². The van der Waals surface area contributed by atoms with Gasteiger partial charge < -0.3 is 13.6 Å². The highest BCUT2D eigenvalue weighted by Gasteiger charge is 2.10. The van der Waals surface area contributed by atoms with Gasteiger partial charge in [-0.25, -0.2) is 0 Å². The lowest BCUT2D eigenvalue weighted by Crippen LogP contribution is -1.99. The first-order valence-corrected chi connectivity index (χ1v) is 7.56. The Balaban J connectivity index is 1.46. The van der Waals surface area contributed by atoms with Gasteiger partial charge in [-0.05, 0) is 36.4 Å². The lowest BCUT2D eigenvalue weighted by Gasteiger charge is -2.04. The molecule has 0 saturated carbocycles. The van der Waals surface area contributed by atoms with Crippen molar-refractivity contribution in [2.75, 3.05) is 12.4 Å². The largest absolute Gasteiger partial charge is 0.493 e. The topological polar surface area (TPSA) is 61.3 Å². The standard InChI is InChI=1S/C14H11ClN2O3S/c15-10-3-5-11(6-4-10)18-8-9-21-14-17-16-13(20-14)12-2-1-7-19-12/h1-7H,8-9H2. The Bertz CT molecular complexity index is 683. The second-order valence-electron chi connectivity index (χ2n) is 4.00. The van der Waals surface area contributed by atoms with Gasteiger partial charge in [-0.2, -0.15) is 0 Å². The number of hydrogen-bond donors (Lipinski definition) is 0. The number of hydrogen-bond acceptors (Lipinski definition) is 6. The summed E-state index contributed by atoms with van der Waals surface area (Å²) in [5.74, 6) is 2.41. The van der Waals surface area contributed by atoms with E-state index >= 15 is 0 Å². The van der Waals surface area contributed by atoms with Gasteiger partial charge in [0.2, 0.25) is 0 Å². The maximum atomic E-state index is 5.80. The van der Waals surface area contributed by atoms with Gasteiger partial charge in [-0.3, -0.25) is 0 Å². The van der Waals surface area contributed by atoms with E-state index in [1.807, 2.05) is 12.1 Å². The van der Waals surface area contributed by atoms with E-state index in [0.29, 0.717) is 34.3 Å². The quantitative estimate of drug-likeness (QED) is 0.502. The van der Waals surface area contributed by atoms with Gasteiger partial charge in [0.25, 0.3) is 11.1 Å². The van der Waals surface area contributed by atoms with Crippen LogP contribution in [-0.4, -0.2) is 22.6 Å². The molecule has 0 radical (unpaired) electrons. The van der Waals surface area contributed by atoms with E-state index in [0.717, 1.165) is 5.75 Å². The summed E-state index contributed by atoms with van der Waals surface area (Å²) in [7, 11) is 0. The van der Waals surface area contributed by atoms with Crippen LogP contribution in [-0.2, 0) is 0 Å². The number of ether oxygens (including phenoxy) is 1. The van der Waals surface area contributed by atoms with E-state index < -0.39 is 0 Å². The molecule has 21 heavy (non-hydrogen) atoms. The van der Waals surface area contributed by atoms with Crippen LogP contribution >= 0.6 is 23.4 Å². The van der Waals surface area contributed by atoms with Gasteiger partial charge in [0.15, 0.2) is 5.76 Å². The maximum Gasteiger partial charge on any atom is 0.284 e. The van der Waals surface area contributed by atoms with E-state index in [9.17, 15) is 0 Å². The molecule has 1 aromatic carbocycles. The van der Waals surface area contributed by atoms with Crippen molar-refractivity contribution in [3.8, 4) is 17.4 Å². The first-order chi connectivity index (χ1) is 10.3. The third-order valence-corrected chi connectivity index (χ3v) is 3.56. The van der Waals surface area contributed by atoms with Gasteiger partial charge in [0.05, 0.1) is 12.9 Å². The molecule has 0 atom stereocenters. The molecule has 0 amide bonds. The smallest absolute Gasteiger partial charge is 0.284 e. The number of rotatable bonds is 6. The third kappa shape index (κ3) is 3.80. The third-order valence-electron chi connectivity index (χ3n) is 2.53. The summed E-state index contributed by atoms with van der Waals surface area (Å²) in [5.41, 5.74) is 0. The second kappa shape index (κ2) is 6.69. The molecule has 0 aliphatic heterocycles. The van der Waals surface area contributed by atoms with Crippen molar-refractivity contribution < 1.29 is 13.6 Å². The zero-order chi connectivity index (χ0) is 14.5. The van der Waals surface area contributed by atoms with Gasteiger partial charge in [-0.1, -0.05) is 23.4 Å². The average Bonchev–Trinajstić information content (AvgIpc) is 3.16. The van der Waals surface area contributed by atoms with Crippen molar-refractivity contribution in [1.82, 2.24) is 10.2 Å². The van der Waals surface area contributed by atoms with Crippen LogP contribution in [0.1, 0.15) is 0 Å². The first kappa shape index (κ1) is 14.0. The van der Waals surface area contributed by atoms with Gasteiger partial charge >= 0.3 is 0 Å². The zero-order valence-electron chi connectivity index (χ0n) is 10.9. The van der Waals surface area contributed by atoms with Crippen LogP contribution < -0.4 is 4.74 Å². The molecule has 0 unspecified atom stereocenters. The molecular weight excluding hydrogens is 312 g/mol. The molecular formula is C14H11ClN2O3S. The molecule has 3 rings (SSSR count). The molecule has 0 aliphatic carbocycles. The van der Waals surface area contributed by atoms with Crippen LogP contribution in [0.5, 0.6) is 5.75 Å². The number of benzene rings is 1. The van der Waals surface area contributed by atoms with Crippen LogP contribution in [0.2, 0.25) is 5.02 Å². The molecule has 0 N–H and O–H groups in total. The normalized spacial score (nSPS) is 10.7. The average molecular weight is 323 g/mol. The molecule has 108 valence electrons. The molecule has 0 spiro atoms. The fraction of sp³-hybridized carbons (Fsp3) is 0.143. The number of halogens is 1. The zero-order valence-corrected chi connectivity index (χ0v) is 12.4. The molecule has 0 saturated heterocycles. The van der Waals surface area contributed by atoms with E-state index in [-0.39, 0.29) is 0 Å². The number of nitrogens with zero attached hydrogens (tertiary/aromatic N) is 2. The molecule has 3 aromatic rings. The molecule has 2 aromatic heterocycles. The summed E-state index contributed by atoms with van der Waals surface area (Å²) >= 11 is 7.23. The highest BCUT2D eigenvalue weighted by molar-refractivity contribution is 7.99. The summed E-state index contributed by atoms with van der Waals surface area (Å²) in [6, 6.07) is 10.8. The fourth-order valence-electron chi connectivity index (χ4n) is 1.59. The molecule has 0 aliphatic rings. The number of thioether (sulfide) groups is 1. The van der Waals surface area contributed by atoms with Crippen molar-refractivity contribution in [3.05, 3.63) is 47.7 Å². The Kier molecular flexibility index (Phi) is 4.47. The van der Waals surface area contributed by atoms with E-state index in [1.165, 1.54) is 11.8 Å². The Hall–Kier alpha value is -1.92. The van der Waals surface area contributed by atoms with E-state index in [2.05, 4.69) is 10.2 Å². The van der Waals surface area contributed by atoms with Crippen molar-refractivity contribution in [2.45, 2.75) is 5.22 Å². The van der Waals surface area contributed by atoms with Crippen molar-refractivity contribution in [3.63, 3.8) is 0 Å². The maximum absolute atomic E-state index is 5.80. The van der Waals surface area contributed by atoms with Crippen molar-refractivity contribution in [2.24, 2.45) is 0 Å². The van der Waals surface area contributed by atoms with Crippen LogP contribution in [0.25, 0.3) is 11.7 Å². The summed E-state index contributed by atoms with van der Waals surface area (Å²) in [4.78, 5) is 0. The fourth-order valence-corrected chi connectivity index (χ4v) is 2.29. The van der Waals surface area contributed by atoms with E-state index in [1.54, 1.807) is 30.5 Å². The highest BCUT2D eigenvalue weighted by Crippen LogP contribution is 2.23. The van der Waals surface area contributed by atoms with Gasteiger partial charge in [-0.15, -0.1) is 10.2 Å². The van der Waals surface area contributed by atoms with Crippen LogP contribution in [0.4, 0.5) is 0 Å². The van der Waals surface area contributed by atoms with Crippen molar-refractivity contribution in [1.29, 1.82) is 0 Å². The monoisotopic (exact) mass is 322 g/mol. The Morgan fingerprint density at radius 3 is 2.76 bits per heavy atom. The minimum atomic E-state index is 0.376. The summed E-state index contributed by atoms with van der Waals surface area (Å²) < 4.78 is 16.2. The van der Waals surface area contributed by atoms with Gasteiger partial charge in [0.1, 0.15) is 5.75 Å². The SMILES string of the molecule is Clc1ccc(OCCSc2nnc(-c3ccco3)o2)cc1. The predicted molar refractivity (Wildman–Crippen MR) is 79.7 cm³/mol. The molecule has 7 heteroatoms.